The van der Waals surface area contributed by atoms with Gasteiger partial charge in [-0.1, -0.05) is 6.07 Å². The van der Waals surface area contributed by atoms with Crippen molar-refractivity contribution in [3.05, 3.63) is 35.4 Å². The van der Waals surface area contributed by atoms with Gasteiger partial charge in [0.05, 0.1) is 13.2 Å². The second-order valence-corrected chi connectivity index (χ2v) is 4.39. The molecule has 1 unspecified atom stereocenters. The quantitative estimate of drug-likeness (QED) is 0.615. The molecule has 0 aliphatic carbocycles. The first-order valence-electron chi connectivity index (χ1n) is 6.32. The van der Waals surface area contributed by atoms with E-state index in [1.165, 1.54) is 13.2 Å². The molecule has 1 aromatic carbocycles. The van der Waals surface area contributed by atoms with Crippen molar-refractivity contribution < 1.29 is 23.0 Å². The van der Waals surface area contributed by atoms with Gasteiger partial charge in [0.15, 0.2) is 11.6 Å². The van der Waals surface area contributed by atoms with Crippen LogP contribution < -0.4 is 5.32 Å². The van der Waals surface area contributed by atoms with Crippen LogP contribution in [0.3, 0.4) is 0 Å². The number of carbonyl (C=O) groups excluding carboxylic acids is 1. The average molecular weight is 287 g/mol. The standard InChI is InChI=1S/C14H19F2NO3/c1-4-20-13(18)14(2,17-7-8-19-3)10-5-6-11(15)12(16)9-10/h5-6,9,17H,4,7-8H2,1-3H3. The van der Waals surface area contributed by atoms with Gasteiger partial charge in [0.2, 0.25) is 0 Å². The lowest BCUT2D eigenvalue weighted by Gasteiger charge is -2.29. The third kappa shape index (κ3) is 3.74. The van der Waals surface area contributed by atoms with E-state index in [9.17, 15) is 13.6 Å². The molecule has 112 valence electrons. The van der Waals surface area contributed by atoms with Gasteiger partial charge >= 0.3 is 5.97 Å². The number of hydrogen-bond acceptors (Lipinski definition) is 4. The van der Waals surface area contributed by atoms with E-state index < -0.39 is 23.1 Å². The minimum Gasteiger partial charge on any atom is -0.464 e. The topological polar surface area (TPSA) is 47.6 Å². The van der Waals surface area contributed by atoms with Crippen molar-refractivity contribution in [1.82, 2.24) is 5.32 Å². The van der Waals surface area contributed by atoms with E-state index in [1.54, 1.807) is 13.8 Å². The fraction of sp³-hybridized carbons (Fsp3) is 0.500. The molecule has 0 spiro atoms. The van der Waals surface area contributed by atoms with Crippen LogP contribution in [0.2, 0.25) is 0 Å². The summed E-state index contributed by atoms with van der Waals surface area (Å²) in [6.07, 6.45) is 0. The Hall–Kier alpha value is -1.53. The van der Waals surface area contributed by atoms with Crippen LogP contribution >= 0.6 is 0 Å². The number of benzene rings is 1. The van der Waals surface area contributed by atoms with Crippen molar-refractivity contribution in [2.75, 3.05) is 26.9 Å². The van der Waals surface area contributed by atoms with Crippen LogP contribution in [0.1, 0.15) is 19.4 Å². The average Bonchev–Trinajstić information content (AvgIpc) is 2.42. The number of carbonyl (C=O) groups is 1. The van der Waals surface area contributed by atoms with Crippen molar-refractivity contribution in [2.45, 2.75) is 19.4 Å². The number of methoxy groups -OCH3 is 1. The molecule has 0 aliphatic heterocycles. The number of halogens is 2. The Kier molecular flexibility index (Phi) is 6.04. The SMILES string of the molecule is CCOC(=O)C(C)(NCCOC)c1ccc(F)c(F)c1. The van der Waals surface area contributed by atoms with Crippen LogP contribution in [0.25, 0.3) is 0 Å². The molecular weight excluding hydrogens is 268 g/mol. The molecule has 0 saturated carbocycles. The summed E-state index contributed by atoms with van der Waals surface area (Å²) in [4.78, 5) is 12.1. The fourth-order valence-electron chi connectivity index (χ4n) is 1.78. The Labute approximate surface area is 117 Å². The first-order chi connectivity index (χ1) is 9.45. The van der Waals surface area contributed by atoms with Gasteiger partial charge in [-0.15, -0.1) is 0 Å². The van der Waals surface area contributed by atoms with Gasteiger partial charge in [0.25, 0.3) is 0 Å². The number of ether oxygens (including phenoxy) is 2. The number of esters is 1. The van der Waals surface area contributed by atoms with Gasteiger partial charge in [-0.05, 0) is 31.5 Å². The number of nitrogens with one attached hydrogen (secondary N) is 1. The van der Waals surface area contributed by atoms with E-state index in [-0.39, 0.29) is 6.61 Å². The van der Waals surface area contributed by atoms with Crippen LogP contribution in [0.5, 0.6) is 0 Å². The smallest absolute Gasteiger partial charge is 0.330 e. The Bertz CT molecular complexity index is 468. The molecule has 1 N–H and O–H groups in total. The van der Waals surface area contributed by atoms with Gasteiger partial charge < -0.3 is 9.47 Å². The lowest BCUT2D eigenvalue weighted by Crippen LogP contribution is -2.49. The van der Waals surface area contributed by atoms with Crippen LogP contribution in [-0.4, -0.2) is 32.8 Å². The van der Waals surface area contributed by atoms with E-state index in [2.05, 4.69) is 5.32 Å². The summed E-state index contributed by atoms with van der Waals surface area (Å²) < 4.78 is 36.3. The normalized spacial score (nSPS) is 13.8. The molecule has 1 rings (SSSR count). The first-order valence-corrected chi connectivity index (χ1v) is 6.32. The van der Waals surface area contributed by atoms with Gasteiger partial charge in [-0.3, -0.25) is 5.32 Å². The van der Waals surface area contributed by atoms with Gasteiger partial charge in [0.1, 0.15) is 5.54 Å². The van der Waals surface area contributed by atoms with Crippen molar-refractivity contribution in [3.8, 4) is 0 Å². The highest BCUT2D eigenvalue weighted by molar-refractivity contribution is 5.82. The molecule has 0 heterocycles. The summed E-state index contributed by atoms with van der Waals surface area (Å²) in [6, 6.07) is 3.33. The summed E-state index contributed by atoms with van der Waals surface area (Å²) in [5.74, 6) is -2.52. The predicted octanol–water partition coefficient (Wildman–Crippen LogP) is 1.98. The maximum Gasteiger partial charge on any atom is 0.330 e. The molecule has 20 heavy (non-hydrogen) atoms. The van der Waals surface area contributed by atoms with Crippen molar-refractivity contribution in [3.63, 3.8) is 0 Å². The highest BCUT2D eigenvalue weighted by Gasteiger charge is 2.36. The molecule has 1 atom stereocenters. The second-order valence-electron chi connectivity index (χ2n) is 4.39. The highest BCUT2D eigenvalue weighted by atomic mass is 19.2. The Morgan fingerprint density at radius 1 is 1.35 bits per heavy atom. The summed E-state index contributed by atoms with van der Waals surface area (Å²) >= 11 is 0. The van der Waals surface area contributed by atoms with Gasteiger partial charge in [-0.25, -0.2) is 13.6 Å². The molecule has 0 aromatic heterocycles. The summed E-state index contributed by atoms with van der Waals surface area (Å²) in [5, 5.41) is 2.96. The summed E-state index contributed by atoms with van der Waals surface area (Å²) in [7, 11) is 1.53. The zero-order valence-corrected chi connectivity index (χ0v) is 11.8. The molecule has 4 nitrogen and oxygen atoms in total. The largest absolute Gasteiger partial charge is 0.464 e. The minimum atomic E-state index is -1.26. The molecule has 0 radical (unpaired) electrons. The van der Waals surface area contributed by atoms with Crippen LogP contribution in [0.15, 0.2) is 18.2 Å². The zero-order valence-electron chi connectivity index (χ0n) is 11.8. The van der Waals surface area contributed by atoms with E-state index in [1.807, 2.05) is 0 Å². The molecular formula is C14H19F2NO3. The van der Waals surface area contributed by atoms with Crippen molar-refractivity contribution >= 4 is 5.97 Å². The van der Waals surface area contributed by atoms with Gasteiger partial charge in [-0.2, -0.15) is 0 Å². The van der Waals surface area contributed by atoms with Crippen LogP contribution in [0, 0.1) is 11.6 Å². The maximum atomic E-state index is 13.4. The van der Waals surface area contributed by atoms with E-state index >= 15 is 0 Å². The Balaban J connectivity index is 3.07. The lowest BCUT2D eigenvalue weighted by atomic mass is 9.91. The molecule has 0 fully saturated rings. The third-order valence-corrected chi connectivity index (χ3v) is 2.97. The molecule has 0 amide bonds. The van der Waals surface area contributed by atoms with E-state index in [0.29, 0.717) is 18.7 Å². The first kappa shape index (κ1) is 16.5. The summed E-state index contributed by atoms with van der Waals surface area (Å²) in [5.41, 5.74) is -0.964. The monoisotopic (exact) mass is 287 g/mol. The molecule has 0 saturated heterocycles. The summed E-state index contributed by atoms with van der Waals surface area (Å²) in [6.45, 7) is 4.18. The maximum absolute atomic E-state index is 13.4. The number of rotatable bonds is 7. The van der Waals surface area contributed by atoms with Crippen LogP contribution in [-0.2, 0) is 19.8 Å². The van der Waals surface area contributed by atoms with E-state index in [0.717, 1.165) is 12.1 Å². The van der Waals surface area contributed by atoms with Crippen LogP contribution in [0.4, 0.5) is 8.78 Å². The van der Waals surface area contributed by atoms with Gasteiger partial charge in [0, 0.05) is 13.7 Å². The number of hydrogen-bond donors (Lipinski definition) is 1. The molecule has 6 heteroatoms. The zero-order chi connectivity index (χ0) is 15.2. The fourth-order valence-corrected chi connectivity index (χ4v) is 1.78. The molecule has 1 aromatic rings. The van der Waals surface area contributed by atoms with Crippen molar-refractivity contribution in [1.29, 1.82) is 0 Å². The third-order valence-electron chi connectivity index (χ3n) is 2.97. The van der Waals surface area contributed by atoms with Crippen molar-refractivity contribution in [2.24, 2.45) is 0 Å². The molecule has 0 aliphatic rings. The highest BCUT2D eigenvalue weighted by Crippen LogP contribution is 2.24. The lowest BCUT2D eigenvalue weighted by molar-refractivity contribution is -0.151. The predicted molar refractivity (Wildman–Crippen MR) is 70.2 cm³/mol. The minimum absolute atomic E-state index is 0.198. The van der Waals surface area contributed by atoms with E-state index in [4.69, 9.17) is 9.47 Å². The Morgan fingerprint density at radius 2 is 2.05 bits per heavy atom. The molecule has 0 bridgehead atoms. The Morgan fingerprint density at radius 3 is 2.60 bits per heavy atom. The second kappa shape index (κ2) is 7.31.